The Morgan fingerprint density at radius 2 is 2.23 bits per heavy atom. The quantitative estimate of drug-likeness (QED) is 0.896. The molecule has 1 aliphatic heterocycles. The van der Waals surface area contributed by atoms with Crippen LogP contribution in [-0.4, -0.2) is 37.6 Å². The second kappa shape index (κ2) is 6.39. The summed E-state index contributed by atoms with van der Waals surface area (Å²) in [6.07, 6.45) is 4.34. The lowest BCUT2D eigenvalue weighted by Gasteiger charge is -2.20. The highest BCUT2D eigenvalue weighted by molar-refractivity contribution is 5.07. The maximum absolute atomic E-state index is 11.9. The van der Waals surface area contributed by atoms with Crippen molar-refractivity contribution in [3.05, 3.63) is 39.8 Å². The molecule has 0 spiro atoms. The van der Waals surface area contributed by atoms with Crippen molar-refractivity contribution in [2.24, 2.45) is 0 Å². The summed E-state index contributed by atoms with van der Waals surface area (Å²) in [5, 5.41) is 11.9. The number of aryl methyl sites for hydroxylation is 3. The fraction of sp³-hybridized carbons (Fsp3) is 0.600. The lowest BCUT2D eigenvalue weighted by molar-refractivity contribution is 0.454. The van der Waals surface area contributed by atoms with Crippen molar-refractivity contribution in [1.82, 2.24) is 29.9 Å². The molecule has 0 aromatic carbocycles. The van der Waals surface area contributed by atoms with Crippen molar-refractivity contribution in [1.29, 1.82) is 0 Å². The minimum atomic E-state index is -0.200. The molecule has 0 bridgehead atoms. The molecule has 0 radical (unpaired) electrons. The van der Waals surface area contributed by atoms with Crippen LogP contribution in [0.5, 0.6) is 0 Å². The molecule has 2 aromatic rings. The molecule has 7 heteroatoms. The summed E-state index contributed by atoms with van der Waals surface area (Å²) >= 11 is 0. The SMILES string of the molecule is Cc1cc(C)n(CCn2cc(C3CCCNC3)nn2)c(=O)n1. The van der Waals surface area contributed by atoms with Crippen molar-refractivity contribution < 1.29 is 0 Å². The zero-order valence-corrected chi connectivity index (χ0v) is 13.1. The van der Waals surface area contributed by atoms with Gasteiger partial charge in [-0.25, -0.2) is 4.79 Å². The van der Waals surface area contributed by atoms with E-state index in [-0.39, 0.29) is 5.69 Å². The molecule has 0 aliphatic carbocycles. The topological polar surface area (TPSA) is 77.6 Å². The number of aromatic nitrogens is 5. The largest absolute Gasteiger partial charge is 0.348 e. The van der Waals surface area contributed by atoms with E-state index in [1.165, 1.54) is 6.42 Å². The lowest BCUT2D eigenvalue weighted by atomic mass is 9.97. The molecule has 22 heavy (non-hydrogen) atoms. The first kappa shape index (κ1) is 14.9. The van der Waals surface area contributed by atoms with E-state index in [9.17, 15) is 4.79 Å². The minimum absolute atomic E-state index is 0.200. The first-order valence-electron chi connectivity index (χ1n) is 7.79. The number of rotatable bonds is 4. The van der Waals surface area contributed by atoms with Gasteiger partial charge in [-0.1, -0.05) is 5.21 Å². The Morgan fingerprint density at radius 1 is 1.36 bits per heavy atom. The fourth-order valence-electron chi connectivity index (χ4n) is 2.96. The van der Waals surface area contributed by atoms with Gasteiger partial charge in [0.15, 0.2) is 0 Å². The highest BCUT2D eigenvalue weighted by Gasteiger charge is 2.18. The Kier molecular flexibility index (Phi) is 4.33. The molecule has 1 unspecified atom stereocenters. The van der Waals surface area contributed by atoms with Gasteiger partial charge in [0.05, 0.1) is 12.2 Å². The van der Waals surface area contributed by atoms with Gasteiger partial charge < -0.3 is 5.32 Å². The second-order valence-electron chi connectivity index (χ2n) is 5.92. The van der Waals surface area contributed by atoms with Gasteiger partial charge in [0.2, 0.25) is 0 Å². The standard InChI is InChI=1S/C15H22N6O/c1-11-8-12(2)21(15(22)17-11)7-6-20-10-14(18-19-20)13-4-3-5-16-9-13/h8,10,13,16H,3-7,9H2,1-2H3. The van der Waals surface area contributed by atoms with Gasteiger partial charge in [0.25, 0.3) is 0 Å². The van der Waals surface area contributed by atoms with Crippen LogP contribution in [0.1, 0.15) is 35.8 Å². The van der Waals surface area contributed by atoms with Gasteiger partial charge >= 0.3 is 5.69 Å². The third kappa shape index (κ3) is 3.24. The van der Waals surface area contributed by atoms with Crippen molar-refractivity contribution in [2.75, 3.05) is 13.1 Å². The molecular formula is C15H22N6O. The Hall–Kier alpha value is -2.02. The molecule has 3 rings (SSSR count). The zero-order chi connectivity index (χ0) is 15.5. The van der Waals surface area contributed by atoms with Crippen LogP contribution >= 0.6 is 0 Å². The molecule has 0 amide bonds. The Balaban J connectivity index is 1.67. The zero-order valence-electron chi connectivity index (χ0n) is 13.1. The summed E-state index contributed by atoms with van der Waals surface area (Å²) in [5.74, 6) is 0.452. The van der Waals surface area contributed by atoms with Crippen molar-refractivity contribution >= 4 is 0 Å². The van der Waals surface area contributed by atoms with Crippen LogP contribution in [-0.2, 0) is 13.1 Å². The summed E-state index contributed by atoms with van der Waals surface area (Å²) in [6.45, 7) is 7.01. The predicted octanol–water partition coefficient (Wildman–Crippen LogP) is 0.619. The first-order valence-corrected chi connectivity index (χ1v) is 7.79. The van der Waals surface area contributed by atoms with Gasteiger partial charge in [0, 0.05) is 36.6 Å². The van der Waals surface area contributed by atoms with E-state index < -0.39 is 0 Å². The van der Waals surface area contributed by atoms with E-state index in [0.717, 1.165) is 36.6 Å². The maximum Gasteiger partial charge on any atom is 0.348 e. The number of nitrogens with zero attached hydrogens (tertiary/aromatic N) is 5. The summed E-state index contributed by atoms with van der Waals surface area (Å²) in [5.41, 5.74) is 2.52. The van der Waals surface area contributed by atoms with Crippen LogP contribution in [0.4, 0.5) is 0 Å². The third-order valence-electron chi connectivity index (χ3n) is 4.17. The minimum Gasteiger partial charge on any atom is -0.316 e. The van der Waals surface area contributed by atoms with Crippen molar-refractivity contribution in [3.8, 4) is 0 Å². The van der Waals surface area contributed by atoms with Crippen LogP contribution in [0.25, 0.3) is 0 Å². The highest BCUT2D eigenvalue weighted by atomic mass is 16.1. The number of piperidine rings is 1. The van der Waals surface area contributed by atoms with Crippen LogP contribution in [0.2, 0.25) is 0 Å². The average Bonchev–Trinajstić information content (AvgIpc) is 2.96. The molecule has 1 saturated heterocycles. The highest BCUT2D eigenvalue weighted by Crippen LogP contribution is 2.20. The van der Waals surface area contributed by atoms with Crippen LogP contribution < -0.4 is 11.0 Å². The Labute approximate surface area is 129 Å². The average molecular weight is 302 g/mol. The predicted molar refractivity (Wildman–Crippen MR) is 82.8 cm³/mol. The molecule has 0 saturated carbocycles. The molecule has 1 atom stereocenters. The maximum atomic E-state index is 11.9. The van der Waals surface area contributed by atoms with E-state index in [1.807, 2.05) is 30.8 Å². The summed E-state index contributed by atoms with van der Waals surface area (Å²) in [7, 11) is 0. The number of nitrogens with one attached hydrogen (secondary N) is 1. The van der Waals surface area contributed by atoms with E-state index in [2.05, 4.69) is 20.6 Å². The Bertz CT molecular complexity index is 698. The summed E-state index contributed by atoms with van der Waals surface area (Å²) < 4.78 is 3.49. The Morgan fingerprint density at radius 3 is 2.95 bits per heavy atom. The normalized spacial score (nSPS) is 18.5. The van der Waals surface area contributed by atoms with Gasteiger partial charge in [-0.2, -0.15) is 4.98 Å². The summed E-state index contributed by atoms with van der Waals surface area (Å²) in [4.78, 5) is 15.9. The van der Waals surface area contributed by atoms with E-state index in [1.54, 1.807) is 4.57 Å². The van der Waals surface area contributed by atoms with E-state index >= 15 is 0 Å². The number of hydrogen-bond donors (Lipinski definition) is 1. The van der Waals surface area contributed by atoms with Gasteiger partial charge in [0.1, 0.15) is 0 Å². The van der Waals surface area contributed by atoms with Gasteiger partial charge in [-0.3, -0.25) is 9.25 Å². The number of hydrogen-bond acceptors (Lipinski definition) is 5. The molecule has 3 heterocycles. The van der Waals surface area contributed by atoms with Crippen LogP contribution in [0.15, 0.2) is 17.1 Å². The van der Waals surface area contributed by atoms with E-state index in [4.69, 9.17) is 0 Å². The lowest BCUT2D eigenvalue weighted by Crippen LogP contribution is -2.28. The molecule has 118 valence electrons. The van der Waals surface area contributed by atoms with Crippen molar-refractivity contribution in [2.45, 2.75) is 45.7 Å². The molecule has 1 N–H and O–H groups in total. The van der Waals surface area contributed by atoms with Crippen molar-refractivity contribution in [3.63, 3.8) is 0 Å². The summed E-state index contributed by atoms with van der Waals surface area (Å²) in [6, 6.07) is 1.92. The molecule has 1 fully saturated rings. The third-order valence-corrected chi connectivity index (χ3v) is 4.17. The van der Waals surface area contributed by atoms with Crippen LogP contribution in [0, 0.1) is 13.8 Å². The molecular weight excluding hydrogens is 280 g/mol. The molecule has 1 aliphatic rings. The molecule has 2 aromatic heterocycles. The smallest absolute Gasteiger partial charge is 0.316 e. The van der Waals surface area contributed by atoms with Gasteiger partial charge in [-0.05, 0) is 39.3 Å². The second-order valence-corrected chi connectivity index (χ2v) is 5.92. The molecule has 7 nitrogen and oxygen atoms in total. The van der Waals surface area contributed by atoms with E-state index in [0.29, 0.717) is 19.0 Å². The monoisotopic (exact) mass is 302 g/mol. The van der Waals surface area contributed by atoms with Crippen LogP contribution in [0.3, 0.4) is 0 Å². The van der Waals surface area contributed by atoms with Gasteiger partial charge in [-0.15, -0.1) is 5.10 Å². The first-order chi connectivity index (χ1) is 10.6. The fourth-order valence-corrected chi connectivity index (χ4v) is 2.96.